The summed E-state index contributed by atoms with van der Waals surface area (Å²) in [5.41, 5.74) is 4.06. The SMILES string of the molecule is COc1ccc(N2CCN(c3cc(Cl)nc(SCc4cccc(C(=O)NCCc5ccccc5)c4)n3)CC2)cc1. The van der Waals surface area contributed by atoms with Gasteiger partial charge in [0, 0.05) is 55.8 Å². The topological polar surface area (TPSA) is 70.6 Å². The zero-order chi connectivity index (χ0) is 27.7. The number of rotatable bonds is 10. The number of carbonyl (C=O) groups is 1. The molecule has 0 bridgehead atoms. The molecule has 2 heterocycles. The quantitative estimate of drug-likeness (QED) is 0.148. The zero-order valence-corrected chi connectivity index (χ0v) is 24.0. The Kier molecular flexibility index (Phi) is 9.42. The summed E-state index contributed by atoms with van der Waals surface area (Å²) in [5.74, 6) is 2.26. The monoisotopic (exact) mass is 573 g/mol. The molecule has 3 aromatic carbocycles. The van der Waals surface area contributed by atoms with E-state index in [4.69, 9.17) is 21.3 Å². The molecule has 5 rings (SSSR count). The van der Waals surface area contributed by atoms with E-state index in [1.807, 2.05) is 60.7 Å². The van der Waals surface area contributed by atoms with E-state index in [1.165, 1.54) is 23.0 Å². The van der Waals surface area contributed by atoms with Crippen LogP contribution in [0.25, 0.3) is 0 Å². The number of halogens is 1. The van der Waals surface area contributed by atoms with Gasteiger partial charge < -0.3 is 19.9 Å². The third-order valence-corrected chi connectivity index (χ3v) is 7.91. The Morgan fingerprint density at radius 2 is 1.62 bits per heavy atom. The highest BCUT2D eigenvalue weighted by Crippen LogP contribution is 2.27. The number of carbonyl (C=O) groups excluding carboxylic acids is 1. The van der Waals surface area contributed by atoms with Crippen LogP contribution in [0.4, 0.5) is 11.5 Å². The average molecular weight is 574 g/mol. The number of amides is 1. The van der Waals surface area contributed by atoms with Crippen molar-refractivity contribution in [1.82, 2.24) is 15.3 Å². The highest BCUT2D eigenvalue weighted by atomic mass is 35.5. The number of nitrogens with one attached hydrogen (secondary N) is 1. The van der Waals surface area contributed by atoms with Gasteiger partial charge in [0.2, 0.25) is 0 Å². The molecule has 1 saturated heterocycles. The summed E-state index contributed by atoms with van der Waals surface area (Å²) in [5, 5.41) is 4.07. The van der Waals surface area contributed by atoms with Gasteiger partial charge in [-0.2, -0.15) is 0 Å². The lowest BCUT2D eigenvalue weighted by atomic mass is 10.1. The number of anilines is 2. The largest absolute Gasteiger partial charge is 0.497 e. The normalized spacial score (nSPS) is 13.2. The molecule has 1 aliphatic rings. The molecule has 0 saturated carbocycles. The lowest BCUT2D eigenvalue weighted by Gasteiger charge is -2.36. The first-order valence-corrected chi connectivity index (χ1v) is 14.7. The Hall–Kier alpha value is -3.75. The predicted octanol–water partition coefficient (Wildman–Crippen LogP) is 5.73. The highest BCUT2D eigenvalue weighted by molar-refractivity contribution is 7.98. The molecular weight excluding hydrogens is 542 g/mol. The third-order valence-electron chi connectivity index (χ3n) is 6.80. The lowest BCUT2D eigenvalue weighted by molar-refractivity contribution is 0.0954. The minimum atomic E-state index is -0.0714. The van der Waals surface area contributed by atoms with Crippen molar-refractivity contribution >= 4 is 40.8 Å². The van der Waals surface area contributed by atoms with Crippen molar-refractivity contribution in [3.63, 3.8) is 0 Å². The van der Waals surface area contributed by atoms with Gasteiger partial charge in [0.25, 0.3) is 5.91 Å². The van der Waals surface area contributed by atoms with Crippen molar-refractivity contribution < 1.29 is 9.53 Å². The van der Waals surface area contributed by atoms with Gasteiger partial charge in [-0.25, -0.2) is 9.97 Å². The third kappa shape index (κ3) is 7.46. The molecule has 1 aromatic heterocycles. The summed E-state index contributed by atoms with van der Waals surface area (Å²) < 4.78 is 5.27. The highest BCUT2D eigenvalue weighted by Gasteiger charge is 2.20. The van der Waals surface area contributed by atoms with Crippen LogP contribution in [0.15, 0.2) is 90.1 Å². The molecule has 7 nitrogen and oxygen atoms in total. The van der Waals surface area contributed by atoms with Crippen molar-refractivity contribution in [3.8, 4) is 5.75 Å². The van der Waals surface area contributed by atoms with Crippen LogP contribution in [-0.2, 0) is 12.2 Å². The van der Waals surface area contributed by atoms with Crippen molar-refractivity contribution in [3.05, 3.63) is 107 Å². The molecule has 0 unspecified atom stereocenters. The number of thioether (sulfide) groups is 1. The molecular formula is C31H32ClN5O2S. The van der Waals surface area contributed by atoms with Crippen LogP contribution in [-0.4, -0.2) is 55.7 Å². The van der Waals surface area contributed by atoms with Gasteiger partial charge in [-0.1, -0.05) is 65.8 Å². The van der Waals surface area contributed by atoms with Crippen LogP contribution < -0.4 is 19.9 Å². The molecule has 206 valence electrons. The maximum atomic E-state index is 12.7. The Morgan fingerprint density at radius 3 is 2.38 bits per heavy atom. The molecule has 40 heavy (non-hydrogen) atoms. The molecule has 0 radical (unpaired) electrons. The van der Waals surface area contributed by atoms with Gasteiger partial charge in [-0.15, -0.1) is 0 Å². The van der Waals surface area contributed by atoms with Crippen LogP contribution in [0.5, 0.6) is 5.75 Å². The minimum Gasteiger partial charge on any atom is -0.497 e. The fraction of sp³-hybridized carbons (Fsp3) is 0.258. The average Bonchev–Trinajstić information content (AvgIpc) is 3.00. The van der Waals surface area contributed by atoms with Crippen LogP contribution >= 0.6 is 23.4 Å². The van der Waals surface area contributed by atoms with Crippen molar-refractivity contribution in [2.75, 3.05) is 49.6 Å². The molecule has 1 aliphatic heterocycles. The first-order chi connectivity index (χ1) is 19.6. The first kappa shape index (κ1) is 27.8. The van der Waals surface area contributed by atoms with Gasteiger partial charge in [0.05, 0.1) is 7.11 Å². The van der Waals surface area contributed by atoms with Crippen molar-refractivity contribution in [2.24, 2.45) is 0 Å². The minimum absolute atomic E-state index is 0.0714. The maximum absolute atomic E-state index is 12.7. The van der Waals surface area contributed by atoms with E-state index < -0.39 is 0 Å². The van der Waals surface area contributed by atoms with Crippen LogP contribution in [0.3, 0.4) is 0 Å². The number of methoxy groups -OCH3 is 1. The van der Waals surface area contributed by atoms with Gasteiger partial charge >= 0.3 is 0 Å². The molecule has 1 fully saturated rings. The summed E-state index contributed by atoms with van der Waals surface area (Å²) in [6.07, 6.45) is 0.799. The Morgan fingerprint density at radius 1 is 0.900 bits per heavy atom. The summed E-state index contributed by atoms with van der Waals surface area (Å²) in [4.78, 5) is 26.5. The number of hydrogen-bond acceptors (Lipinski definition) is 7. The number of piperazine rings is 1. The number of hydrogen-bond donors (Lipinski definition) is 1. The van der Waals surface area contributed by atoms with E-state index in [-0.39, 0.29) is 5.91 Å². The number of nitrogens with zero attached hydrogens (tertiary/aromatic N) is 4. The molecule has 1 N–H and O–H groups in total. The second-order valence-corrected chi connectivity index (χ2v) is 10.8. The second-order valence-electron chi connectivity index (χ2n) is 9.48. The summed E-state index contributed by atoms with van der Waals surface area (Å²) in [7, 11) is 1.68. The maximum Gasteiger partial charge on any atom is 0.251 e. The van der Waals surface area contributed by atoms with Crippen LogP contribution in [0.1, 0.15) is 21.5 Å². The molecule has 0 atom stereocenters. The fourth-order valence-corrected chi connectivity index (χ4v) is 5.64. The molecule has 4 aromatic rings. The molecule has 0 spiro atoms. The van der Waals surface area contributed by atoms with E-state index in [0.717, 1.165) is 49.7 Å². The lowest BCUT2D eigenvalue weighted by Crippen LogP contribution is -2.46. The standard InChI is InChI=1S/C31H32ClN5O2S/c1-39-27-12-10-26(11-13-27)36-16-18-37(19-17-36)29-21-28(32)34-31(35-29)40-22-24-8-5-9-25(20-24)30(38)33-15-14-23-6-3-2-4-7-23/h2-13,20-21H,14-19,22H2,1H3,(H,33,38). The Balaban J connectivity index is 1.15. The van der Waals surface area contributed by atoms with Gasteiger partial charge in [-0.05, 0) is 53.9 Å². The Labute approximate surface area is 244 Å². The molecule has 1 amide bonds. The first-order valence-electron chi connectivity index (χ1n) is 13.3. The van der Waals surface area contributed by atoms with Crippen LogP contribution in [0.2, 0.25) is 5.15 Å². The fourth-order valence-electron chi connectivity index (χ4n) is 4.62. The van der Waals surface area contributed by atoms with E-state index in [9.17, 15) is 4.79 Å². The van der Waals surface area contributed by atoms with Crippen molar-refractivity contribution in [1.29, 1.82) is 0 Å². The number of aromatic nitrogens is 2. The van der Waals surface area contributed by atoms with Gasteiger partial charge in [0.1, 0.15) is 16.7 Å². The molecule has 0 aliphatic carbocycles. The predicted molar refractivity (Wildman–Crippen MR) is 163 cm³/mol. The van der Waals surface area contributed by atoms with Gasteiger partial charge in [0.15, 0.2) is 5.16 Å². The number of benzene rings is 3. The Bertz CT molecular complexity index is 1410. The van der Waals surface area contributed by atoms with E-state index in [0.29, 0.717) is 28.2 Å². The van der Waals surface area contributed by atoms with Crippen molar-refractivity contribution in [2.45, 2.75) is 17.3 Å². The van der Waals surface area contributed by atoms with Gasteiger partial charge in [-0.3, -0.25) is 4.79 Å². The zero-order valence-electron chi connectivity index (χ0n) is 22.4. The summed E-state index contributed by atoms with van der Waals surface area (Å²) in [6, 6.07) is 27.8. The van der Waals surface area contributed by atoms with Crippen LogP contribution in [0, 0.1) is 0 Å². The molecule has 9 heteroatoms. The smallest absolute Gasteiger partial charge is 0.251 e. The van der Waals surface area contributed by atoms with E-state index in [2.05, 4.69) is 44.4 Å². The second kappa shape index (κ2) is 13.5. The number of ether oxygens (including phenoxy) is 1. The van der Waals surface area contributed by atoms with E-state index in [1.54, 1.807) is 7.11 Å². The summed E-state index contributed by atoms with van der Waals surface area (Å²) >= 11 is 7.91. The summed E-state index contributed by atoms with van der Waals surface area (Å²) in [6.45, 7) is 4.04. The van der Waals surface area contributed by atoms with E-state index >= 15 is 0 Å².